The highest BCUT2D eigenvalue weighted by Gasteiger charge is 2.22. The summed E-state index contributed by atoms with van der Waals surface area (Å²) in [5.74, 6) is 2.98. The third-order valence-electron chi connectivity index (χ3n) is 6.26. The molecule has 30 heavy (non-hydrogen) atoms. The molecule has 1 N–H and O–H groups in total. The highest BCUT2D eigenvalue weighted by molar-refractivity contribution is 5.59. The number of aromatic nitrogens is 3. The molecule has 3 aromatic rings. The molecule has 1 aliphatic heterocycles. The Bertz CT molecular complexity index is 992. The molecule has 5 rings (SSSR count). The molecule has 2 aliphatic rings. The van der Waals surface area contributed by atoms with E-state index < -0.39 is 0 Å². The number of hydrogen-bond donors (Lipinski definition) is 1. The molecule has 1 fully saturated rings. The van der Waals surface area contributed by atoms with E-state index >= 15 is 0 Å². The van der Waals surface area contributed by atoms with Crippen LogP contribution in [0.25, 0.3) is 11.3 Å². The molecule has 0 amide bonds. The van der Waals surface area contributed by atoms with Crippen LogP contribution in [-0.4, -0.2) is 32.9 Å². The lowest BCUT2D eigenvalue weighted by Crippen LogP contribution is -2.22. The summed E-state index contributed by atoms with van der Waals surface area (Å²) >= 11 is 0. The fourth-order valence-corrected chi connectivity index (χ4v) is 4.11. The van der Waals surface area contributed by atoms with Crippen molar-refractivity contribution >= 4 is 0 Å². The second-order valence-corrected chi connectivity index (χ2v) is 8.74. The maximum atomic E-state index is 9.43. The van der Waals surface area contributed by atoms with Gasteiger partial charge < -0.3 is 14.4 Å². The first-order valence-electron chi connectivity index (χ1n) is 11.1. The molecule has 1 unspecified atom stereocenters. The van der Waals surface area contributed by atoms with Crippen LogP contribution in [0, 0.1) is 11.8 Å². The molecule has 2 aromatic heterocycles. The van der Waals surface area contributed by atoms with Crippen LogP contribution in [0.1, 0.15) is 36.2 Å². The average molecular weight is 404 g/mol. The van der Waals surface area contributed by atoms with Gasteiger partial charge in [-0.3, -0.25) is 0 Å². The second kappa shape index (κ2) is 8.60. The molecule has 5 heteroatoms. The predicted octanol–water partition coefficient (Wildman–Crippen LogP) is 4.07. The monoisotopic (exact) mass is 403 g/mol. The van der Waals surface area contributed by atoms with Crippen molar-refractivity contribution in [1.29, 1.82) is 0 Å². The lowest BCUT2D eigenvalue weighted by molar-refractivity contribution is 0.190. The quantitative estimate of drug-likeness (QED) is 0.616. The van der Waals surface area contributed by atoms with Gasteiger partial charge >= 0.3 is 0 Å². The number of fused-ring (bicyclic) bond motifs is 1. The van der Waals surface area contributed by atoms with E-state index in [1.807, 2.05) is 6.20 Å². The second-order valence-electron chi connectivity index (χ2n) is 8.74. The first-order chi connectivity index (χ1) is 14.8. The van der Waals surface area contributed by atoms with Crippen molar-refractivity contribution in [2.45, 2.75) is 45.1 Å². The van der Waals surface area contributed by atoms with Crippen molar-refractivity contribution in [1.82, 2.24) is 14.5 Å². The third kappa shape index (κ3) is 4.57. The molecule has 1 aromatic carbocycles. The summed E-state index contributed by atoms with van der Waals surface area (Å²) in [6.45, 7) is 1.93. The SMILES string of the molecule is OCC1CCc2nc(-c3ccc(CCc4ccnc(OCC5CC5)c4)cc3)cn2C1. The van der Waals surface area contributed by atoms with Gasteiger partial charge in [-0.05, 0) is 55.2 Å². The number of rotatable bonds is 8. The molecule has 3 heterocycles. The van der Waals surface area contributed by atoms with Gasteiger partial charge in [-0.2, -0.15) is 0 Å². The summed E-state index contributed by atoms with van der Waals surface area (Å²) in [6, 6.07) is 12.9. The van der Waals surface area contributed by atoms with Gasteiger partial charge in [0.05, 0.1) is 12.3 Å². The highest BCUT2D eigenvalue weighted by atomic mass is 16.5. The number of aliphatic hydroxyl groups is 1. The fraction of sp³-hybridized carbons (Fsp3) is 0.440. The molecule has 0 spiro atoms. The zero-order chi connectivity index (χ0) is 20.3. The van der Waals surface area contributed by atoms with E-state index in [1.165, 1.54) is 24.0 Å². The van der Waals surface area contributed by atoms with Crippen molar-refractivity contribution in [3.05, 3.63) is 65.7 Å². The van der Waals surface area contributed by atoms with Crippen molar-refractivity contribution in [3.63, 3.8) is 0 Å². The summed E-state index contributed by atoms with van der Waals surface area (Å²) < 4.78 is 8.01. The van der Waals surface area contributed by atoms with E-state index in [2.05, 4.69) is 52.1 Å². The van der Waals surface area contributed by atoms with Crippen LogP contribution in [0.4, 0.5) is 0 Å². The average Bonchev–Trinajstić information content (AvgIpc) is 3.53. The van der Waals surface area contributed by atoms with Gasteiger partial charge in [0.1, 0.15) is 5.82 Å². The highest BCUT2D eigenvalue weighted by Crippen LogP contribution is 2.29. The minimum atomic E-state index is 0.257. The van der Waals surface area contributed by atoms with Crippen LogP contribution in [0.2, 0.25) is 0 Å². The first kappa shape index (κ1) is 19.3. The van der Waals surface area contributed by atoms with Gasteiger partial charge in [0, 0.05) is 49.5 Å². The number of ether oxygens (including phenoxy) is 1. The molecule has 1 atom stereocenters. The van der Waals surface area contributed by atoms with E-state index in [9.17, 15) is 5.11 Å². The summed E-state index contributed by atoms with van der Waals surface area (Å²) in [6.07, 6.45) is 10.5. The van der Waals surface area contributed by atoms with E-state index in [-0.39, 0.29) is 6.61 Å². The van der Waals surface area contributed by atoms with E-state index in [0.29, 0.717) is 5.92 Å². The Morgan fingerprint density at radius 3 is 2.63 bits per heavy atom. The fourth-order valence-electron chi connectivity index (χ4n) is 4.11. The van der Waals surface area contributed by atoms with Gasteiger partial charge in [0.2, 0.25) is 5.88 Å². The largest absolute Gasteiger partial charge is 0.477 e. The molecule has 5 nitrogen and oxygen atoms in total. The lowest BCUT2D eigenvalue weighted by Gasteiger charge is -2.21. The smallest absolute Gasteiger partial charge is 0.213 e. The Labute approximate surface area is 177 Å². The molecular formula is C25H29N3O2. The summed E-state index contributed by atoms with van der Waals surface area (Å²) in [5.41, 5.74) is 4.77. The van der Waals surface area contributed by atoms with E-state index in [1.54, 1.807) is 0 Å². The van der Waals surface area contributed by atoms with Crippen LogP contribution in [0.5, 0.6) is 5.88 Å². The Balaban J connectivity index is 1.20. The van der Waals surface area contributed by atoms with Crippen molar-refractivity contribution in [2.75, 3.05) is 13.2 Å². The zero-order valence-corrected chi connectivity index (χ0v) is 17.3. The Morgan fingerprint density at radius 2 is 1.83 bits per heavy atom. The molecule has 0 bridgehead atoms. The van der Waals surface area contributed by atoms with Crippen molar-refractivity contribution in [2.24, 2.45) is 11.8 Å². The number of hydrogen-bond acceptors (Lipinski definition) is 4. The minimum absolute atomic E-state index is 0.257. The topological polar surface area (TPSA) is 60.2 Å². The minimum Gasteiger partial charge on any atom is -0.477 e. The molecule has 0 radical (unpaired) electrons. The van der Waals surface area contributed by atoms with Gasteiger partial charge in [-0.1, -0.05) is 24.3 Å². The lowest BCUT2D eigenvalue weighted by atomic mass is 10.0. The van der Waals surface area contributed by atoms with Gasteiger partial charge in [-0.25, -0.2) is 9.97 Å². The molecular weight excluding hydrogens is 374 g/mol. The molecule has 1 aliphatic carbocycles. The maximum Gasteiger partial charge on any atom is 0.213 e. The van der Waals surface area contributed by atoms with Crippen molar-refractivity contribution < 1.29 is 9.84 Å². The molecule has 1 saturated carbocycles. The van der Waals surface area contributed by atoms with Crippen LogP contribution < -0.4 is 4.74 Å². The third-order valence-corrected chi connectivity index (χ3v) is 6.26. The van der Waals surface area contributed by atoms with Crippen LogP contribution in [-0.2, 0) is 25.8 Å². The number of aryl methyl sites for hydroxylation is 3. The Hall–Kier alpha value is -2.66. The summed E-state index contributed by atoms with van der Waals surface area (Å²) in [4.78, 5) is 9.15. The normalized spacial score (nSPS) is 18.2. The number of pyridine rings is 1. The zero-order valence-electron chi connectivity index (χ0n) is 17.3. The number of imidazole rings is 1. The van der Waals surface area contributed by atoms with Gasteiger partial charge in [-0.15, -0.1) is 0 Å². The number of aliphatic hydroxyl groups excluding tert-OH is 1. The van der Waals surface area contributed by atoms with Crippen LogP contribution in [0.15, 0.2) is 48.8 Å². The number of nitrogens with zero attached hydrogens (tertiary/aromatic N) is 3. The Kier molecular flexibility index (Phi) is 5.54. The van der Waals surface area contributed by atoms with E-state index in [0.717, 1.165) is 67.7 Å². The molecule has 156 valence electrons. The first-order valence-corrected chi connectivity index (χ1v) is 11.1. The molecule has 0 saturated heterocycles. The Morgan fingerprint density at radius 1 is 1.00 bits per heavy atom. The van der Waals surface area contributed by atoms with Crippen LogP contribution >= 0.6 is 0 Å². The van der Waals surface area contributed by atoms with Crippen LogP contribution in [0.3, 0.4) is 0 Å². The summed E-state index contributed by atoms with van der Waals surface area (Å²) in [7, 11) is 0. The maximum absolute atomic E-state index is 9.43. The summed E-state index contributed by atoms with van der Waals surface area (Å²) in [5, 5.41) is 9.43. The van der Waals surface area contributed by atoms with Crippen molar-refractivity contribution in [3.8, 4) is 17.1 Å². The number of benzene rings is 1. The standard InChI is InChI=1S/C25H29N3O2/c29-16-21-7-10-24-27-23(15-28(24)14-21)22-8-5-18(6-9-22)1-2-19-11-12-26-25(13-19)30-17-20-3-4-20/h5-6,8-9,11-13,15,20-21,29H,1-4,7,10,14,16-17H2. The van der Waals surface area contributed by atoms with Gasteiger partial charge in [0.15, 0.2) is 0 Å². The van der Waals surface area contributed by atoms with E-state index in [4.69, 9.17) is 9.72 Å². The van der Waals surface area contributed by atoms with Gasteiger partial charge in [0.25, 0.3) is 0 Å². The predicted molar refractivity (Wildman–Crippen MR) is 116 cm³/mol.